The van der Waals surface area contributed by atoms with Crippen LogP contribution < -0.4 is 0 Å². The van der Waals surface area contributed by atoms with E-state index in [9.17, 15) is 0 Å². The highest BCUT2D eigenvalue weighted by atomic mass is 79.9. The zero-order valence-electron chi connectivity index (χ0n) is 7.17. The Labute approximate surface area is 95.5 Å². The molecule has 0 bridgehead atoms. The molecular formula is C10H9BrS2. The fourth-order valence-corrected chi connectivity index (χ4v) is 3.28. The van der Waals surface area contributed by atoms with Crippen LogP contribution in [-0.2, 0) is 6.42 Å². The molecule has 0 fully saturated rings. The Morgan fingerprint density at radius 2 is 2.23 bits per heavy atom. The van der Waals surface area contributed by atoms with Crippen LogP contribution in [0.2, 0.25) is 0 Å². The second-order valence-corrected chi connectivity index (χ2v) is 5.58. The van der Waals surface area contributed by atoms with E-state index in [2.05, 4.69) is 53.7 Å². The molecule has 0 aliphatic heterocycles. The molecule has 0 radical (unpaired) electrons. The van der Waals surface area contributed by atoms with Crippen LogP contribution in [0.5, 0.6) is 0 Å². The zero-order chi connectivity index (χ0) is 9.42. The van der Waals surface area contributed by atoms with Gasteiger partial charge in [-0.25, -0.2) is 0 Å². The highest BCUT2D eigenvalue weighted by molar-refractivity contribution is 9.10. The van der Waals surface area contributed by atoms with E-state index in [1.807, 2.05) is 0 Å². The molecule has 0 spiro atoms. The molecule has 0 nitrogen and oxygen atoms in total. The van der Waals surface area contributed by atoms with E-state index >= 15 is 0 Å². The van der Waals surface area contributed by atoms with Crippen molar-refractivity contribution in [3.05, 3.63) is 28.2 Å². The Balaban J connectivity index is 2.83. The first-order valence-corrected chi connectivity index (χ1v) is 6.18. The van der Waals surface area contributed by atoms with Gasteiger partial charge >= 0.3 is 0 Å². The molecule has 3 heteroatoms. The van der Waals surface area contributed by atoms with Crippen LogP contribution in [0.1, 0.15) is 12.5 Å². The molecule has 2 rings (SSSR count). The average molecular weight is 273 g/mol. The largest absolute Gasteiger partial charge is 0.133 e. The van der Waals surface area contributed by atoms with E-state index in [-0.39, 0.29) is 0 Å². The fraction of sp³-hybridized carbons (Fsp3) is 0.200. The highest BCUT2D eigenvalue weighted by Crippen LogP contribution is 2.35. The minimum atomic E-state index is 1.08. The van der Waals surface area contributed by atoms with Crippen LogP contribution in [0.4, 0.5) is 0 Å². The van der Waals surface area contributed by atoms with Crippen LogP contribution in [0, 0.1) is 0 Å². The van der Waals surface area contributed by atoms with Gasteiger partial charge in [-0.05, 0) is 45.4 Å². The normalized spacial score (nSPS) is 11.0. The molecule has 0 aliphatic rings. The third-order valence-corrected chi connectivity index (χ3v) is 4.39. The van der Waals surface area contributed by atoms with Crippen molar-refractivity contribution in [3.8, 4) is 0 Å². The van der Waals surface area contributed by atoms with E-state index in [1.165, 1.54) is 20.1 Å². The van der Waals surface area contributed by atoms with Gasteiger partial charge in [0, 0.05) is 9.17 Å². The van der Waals surface area contributed by atoms with Gasteiger partial charge in [0.1, 0.15) is 0 Å². The molecule has 0 saturated heterocycles. The van der Waals surface area contributed by atoms with E-state index in [4.69, 9.17) is 0 Å². The summed E-state index contributed by atoms with van der Waals surface area (Å²) in [6, 6.07) is 6.43. The summed E-state index contributed by atoms with van der Waals surface area (Å²) in [7, 11) is 0. The number of thiophene rings is 1. The van der Waals surface area contributed by atoms with Crippen molar-refractivity contribution in [1.82, 2.24) is 0 Å². The first kappa shape index (κ1) is 9.56. The number of halogens is 1. The predicted molar refractivity (Wildman–Crippen MR) is 66.2 cm³/mol. The van der Waals surface area contributed by atoms with Crippen molar-refractivity contribution >= 4 is 50.0 Å². The summed E-state index contributed by atoms with van der Waals surface area (Å²) in [4.78, 5) is 0. The molecular weight excluding hydrogens is 264 g/mol. The van der Waals surface area contributed by atoms with Crippen molar-refractivity contribution in [2.75, 3.05) is 0 Å². The van der Waals surface area contributed by atoms with E-state index in [0.717, 1.165) is 10.6 Å². The Kier molecular flexibility index (Phi) is 2.67. The molecule has 1 aromatic heterocycles. The lowest BCUT2D eigenvalue weighted by Crippen LogP contribution is -1.79. The SMILES string of the molecule is CCc1ccc(Br)c2sc(S)cc12. The number of hydrogen-bond acceptors (Lipinski definition) is 2. The van der Waals surface area contributed by atoms with Gasteiger partial charge in [0.25, 0.3) is 0 Å². The highest BCUT2D eigenvalue weighted by Gasteiger charge is 2.06. The molecule has 13 heavy (non-hydrogen) atoms. The van der Waals surface area contributed by atoms with Crippen molar-refractivity contribution in [2.45, 2.75) is 17.6 Å². The lowest BCUT2D eigenvalue weighted by Gasteiger charge is -1.99. The van der Waals surface area contributed by atoms with Gasteiger partial charge in [0.05, 0.1) is 4.21 Å². The lowest BCUT2D eigenvalue weighted by molar-refractivity contribution is 1.16. The van der Waals surface area contributed by atoms with Crippen LogP contribution in [0.25, 0.3) is 10.1 Å². The number of fused-ring (bicyclic) bond motifs is 1. The maximum Gasteiger partial charge on any atom is 0.0581 e. The molecule has 1 aromatic carbocycles. The van der Waals surface area contributed by atoms with Crippen LogP contribution in [0.15, 0.2) is 26.9 Å². The summed E-state index contributed by atoms with van der Waals surface area (Å²) in [5.74, 6) is 0. The molecule has 2 aromatic rings. The number of aryl methyl sites for hydroxylation is 1. The summed E-state index contributed by atoms with van der Waals surface area (Å²) in [5, 5.41) is 1.34. The van der Waals surface area contributed by atoms with Crippen LogP contribution >= 0.6 is 39.9 Å². The molecule has 0 N–H and O–H groups in total. The quantitative estimate of drug-likeness (QED) is 0.726. The number of rotatable bonds is 1. The minimum absolute atomic E-state index is 1.08. The Hall–Kier alpha value is 0.01000. The van der Waals surface area contributed by atoms with Crippen molar-refractivity contribution in [2.24, 2.45) is 0 Å². The minimum Gasteiger partial charge on any atom is -0.133 e. The molecule has 0 atom stereocenters. The maximum atomic E-state index is 4.37. The number of hydrogen-bond donors (Lipinski definition) is 1. The zero-order valence-corrected chi connectivity index (χ0v) is 10.5. The summed E-state index contributed by atoms with van der Waals surface area (Å²) in [5.41, 5.74) is 1.40. The topological polar surface area (TPSA) is 0 Å². The van der Waals surface area contributed by atoms with Gasteiger partial charge in [0.2, 0.25) is 0 Å². The van der Waals surface area contributed by atoms with Gasteiger partial charge in [0.15, 0.2) is 0 Å². The fourth-order valence-electron chi connectivity index (χ4n) is 1.44. The second-order valence-electron chi connectivity index (χ2n) is 2.89. The first-order chi connectivity index (χ1) is 6.22. The third-order valence-electron chi connectivity index (χ3n) is 2.09. The summed E-state index contributed by atoms with van der Waals surface area (Å²) in [6.07, 6.45) is 1.08. The first-order valence-electron chi connectivity index (χ1n) is 4.12. The lowest BCUT2D eigenvalue weighted by atomic mass is 10.1. The van der Waals surface area contributed by atoms with Crippen molar-refractivity contribution in [3.63, 3.8) is 0 Å². The second kappa shape index (κ2) is 3.64. The van der Waals surface area contributed by atoms with Crippen molar-refractivity contribution < 1.29 is 0 Å². The average Bonchev–Trinajstić information content (AvgIpc) is 2.48. The molecule has 1 heterocycles. The van der Waals surface area contributed by atoms with Crippen molar-refractivity contribution in [1.29, 1.82) is 0 Å². The smallest absolute Gasteiger partial charge is 0.0581 e. The van der Waals surface area contributed by atoms with E-state index in [1.54, 1.807) is 11.3 Å². The molecule has 68 valence electrons. The monoisotopic (exact) mass is 272 g/mol. The molecule has 0 aliphatic carbocycles. The number of thiol groups is 1. The maximum absolute atomic E-state index is 4.37. The van der Waals surface area contributed by atoms with E-state index < -0.39 is 0 Å². The standard InChI is InChI=1S/C10H9BrS2/c1-2-6-3-4-8(11)10-7(6)5-9(12)13-10/h3-5,12H,2H2,1H3. The summed E-state index contributed by atoms with van der Waals surface area (Å²) < 4.78 is 3.56. The van der Waals surface area contributed by atoms with Gasteiger partial charge < -0.3 is 0 Å². The van der Waals surface area contributed by atoms with Gasteiger partial charge in [-0.15, -0.1) is 24.0 Å². The summed E-state index contributed by atoms with van der Waals surface area (Å²) >= 11 is 9.65. The third kappa shape index (κ3) is 1.65. The summed E-state index contributed by atoms with van der Waals surface area (Å²) in [6.45, 7) is 2.18. The van der Waals surface area contributed by atoms with E-state index in [0.29, 0.717) is 0 Å². The van der Waals surface area contributed by atoms with Gasteiger partial charge in [-0.1, -0.05) is 13.0 Å². The number of benzene rings is 1. The Bertz CT molecular complexity index is 445. The van der Waals surface area contributed by atoms with Crippen LogP contribution in [-0.4, -0.2) is 0 Å². The molecule has 0 unspecified atom stereocenters. The predicted octanol–water partition coefficient (Wildman–Crippen LogP) is 4.51. The van der Waals surface area contributed by atoms with Gasteiger partial charge in [-0.2, -0.15) is 0 Å². The Morgan fingerprint density at radius 1 is 1.46 bits per heavy atom. The molecule has 0 amide bonds. The van der Waals surface area contributed by atoms with Crippen LogP contribution in [0.3, 0.4) is 0 Å². The Morgan fingerprint density at radius 3 is 2.92 bits per heavy atom. The molecule has 0 saturated carbocycles. The van der Waals surface area contributed by atoms with Gasteiger partial charge in [-0.3, -0.25) is 0 Å².